The molecule has 0 aliphatic carbocycles. The third-order valence-electron chi connectivity index (χ3n) is 3.96. The first-order valence-electron chi connectivity index (χ1n) is 6.89. The molecule has 0 spiro atoms. The van der Waals surface area contributed by atoms with Crippen molar-refractivity contribution in [2.75, 3.05) is 0 Å². The molecular weight excluding hydrogens is 301 g/mol. The van der Waals surface area contributed by atoms with Crippen LogP contribution in [0, 0.1) is 23.7 Å². The molecule has 0 aromatic heterocycles. The molecule has 118 valence electrons. The maximum absolute atomic E-state index is 11.7. The highest BCUT2D eigenvalue weighted by Crippen LogP contribution is 2.31. The maximum Gasteiger partial charge on any atom is 0.309 e. The maximum atomic E-state index is 11.7. The number of hydrogen-bond donors (Lipinski definition) is 1. The van der Waals surface area contributed by atoms with Gasteiger partial charge in [-0.3, -0.25) is 9.59 Å². The number of ether oxygens (including phenoxy) is 1. The van der Waals surface area contributed by atoms with Crippen LogP contribution in [0.3, 0.4) is 0 Å². The Morgan fingerprint density at radius 3 is 2.30 bits per heavy atom. The lowest BCUT2D eigenvalue weighted by atomic mass is 9.86. The van der Waals surface area contributed by atoms with Crippen molar-refractivity contribution in [2.24, 2.45) is 29.4 Å². The Balaban J connectivity index is 0.00000361. The molecule has 4 atom stereocenters. The molecule has 6 heteroatoms. The lowest BCUT2D eigenvalue weighted by Gasteiger charge is -2.24. The summed E-state index contributed by atoms with van der Waals surface area (Å²) in [5.41, 5.74) is 6.09. The van der Waals surface area contributed by atoms with E-state index in [4.69, 9.17) is 22.1 Å². The largest absolute Gasteiger partial charge is 0.460 e. The first kappa shape index (κ1) is 19.7. The van der Waals surface area contributed by atoms with E-state index >= 15 is 0 Å². The predicted octanol–water partition coefficient (Wildman–Crippen LogP) is 2.75. The molecule has 20 heavy (non-hydrogen) atoms. The fourth-order valence-electron chi connectivity index (χ4n) is 2.51. The van der Waals surface area contributed by atoms with Gasteiger partial charge in [-0.25, -0.2) is 0 Å². The van der Waals surface area contributed by atoms with Gasteiger partial charge in [0, 0.05) is 12.0 Å². The Labute approximate surface area is 132 Å². The van der Waals surface area contributed by atoms with E-state index in [1.165, 1.54) is 0 Å². The molecule has 0 radical (unpaired) electrons. The predicted molar refractivity (Wildman–Crippen MR) is 81.9 cm³/mol. The highest BCUT2D eigenvalue weighted by Gasteiger charge is 2.40. The summed E-state index contributed by atoms with van der Waals surface area (Å²) in [4.78, 5) is 23.1. The van der Waals surface area contributed by atoms with Crippen LogP contribution in [0.2, 0.25) is 0 Å². The normalized spacial score (nSPS) is 25.3. The lowest BCUT2D eigenvalue weighted by molar-refractivity contribution is -0.145. The molecular formula is C14H25Cl2NO3. The molecule has 0 bridgehead atoms. The minimum Gasteiger partial charge on any atom is -0.460 e. The van der Waals surface area contributed by atoms with Crippen LogP contribution < -0.4 is 5.73 Å². The number of carbonyl (C=O) groups is 2. The second-order valence-electron chi connectivity index (χ2n) is 6.12. The number of esters is 1. The first-order chi connectivity index (χ1) is 8.73. The van der Waals surface area contributed by atoms with Crippen LogP contribution >= 0.6 is 24.0 Å². The molecule has 0 unspecified atom stereocenters. The zero-order valence-corrected chi connectivity index (χ0v) is 14.0. The Hall–Kier alpha value is -0.320. The number of hydrogen-bond acceptors (Lipinski definition) is 4. The molecule has 4 nitrogen and oxygen atoms in total. The molecule has 0 aromatic carbocycles. The van der Waals surface area contributed by atoms with E-state index in [9.17, 15) is 9.59 Å². The van der Waals surface area contributed by atoms with Gasteiger partial charge in [0.15, 0.2) is 0 Å². The molecule has 1 rings (SSSR count). The van der Waals surface area contributed by atoms with Crippen LogP contribution in [0.1, 0.15) is 40.5 Å². The summed E-state index contributed by atoms with van der Waals surface area (Å²) < 4.78 is 5.34. The fraction of sp³-hybridized carbons (Fsp3) is 0.857. The van der Waals surface area contributed by atoms with E-state index in [1.54, 1.807) is 0 Å². The molecule has 1 heterocycles. The lowest BCUT2D eigenvalue weighted by Crippen LogP contribution is -2.38. The van der Waals surface area contributed by atoms with Crippen molar-refractivity contribution in [3.8, 4) is 0 Å². The number of rotatable bonds is 6. The standard InChI is InChI=1S/C14H24ClNO3.ClH/c1-7(2)9(13(15)17)5-11(16)12-6-10(8(3)4)14(18)19-12;/h7-12H,5-6,16H2,1-4H3;1H/t9-,10-,11-,12-;/m0./s1. The second-order valence-corrected chi connectivity index (χ2v) is 6.49. The average molecular weight is 326 g/mol. The molecule has 1 aliphatic heterocycles. The van der Waals surface area contributed by atoms with E-state index in [2.05, 4.69) is 0 Å². The van der Waals surface area contributed by atoms with Gasteiger partial charge in [-0.2, -0.15) is 0 Å². The van der Waals surface area contributed by atoms with Gasteiger partial charge in [-0.05, 0) is 36.3 Å². The Bertz CT molecular complexity index is 347. The summed E-state index contributed by atoms with van der Waals surface area (Å²) in [7, 11) is 0. The summed E-state index contributed by atoms with van der Waals surface area (Å²) in [6, 6.07) is -0.331. The minimum atomic E-state index is -0.366. The zero-order valence-electron chi connectivity index (χ0n) is 12.5. The van der Waals surface area contributed by atoms with E-state index in [1.807, 2.05) is 27.7 Å². The number of nitrogens with two attached hydrogens (primary N) is 1. The van der Waals surface area contributed by atoms with Crippen LogP contribution in [0.15, 0.2) is 0 Å². The van der Waals surface area contributed by atoms with E-state index in [0.29, 0.717) is 12.8 Å². The van der Waals surface area contributed by atoms with Crippen molar-refractivity contribution < 1.29 is 14.3 Å². The number of carbonyl (C=O) groups excluding carboxylic acids is 2. The van der Waals surface area contributed by atoms with E-state index < -0.39 is 0 Å². The van der Waals surface area contributed by atoms with Crippen molar-refractivity contribution in [3.05, 3.63) is 0 Å². The SMILES string of the molecule is CC(C)[C@H](C[C@H](N)[C@@H]1C[C@@H](C(C)C)C(=O)O1)C(=O)Cl.Cl. The smallest absolute Gasteiger partial charge is 0.309 e. The van der Waals surface area contributed by atoms with Gasteiger partial charge in [-0.15, -0.1) is 12.4 Å². The molecule has 2 N–H and O–H groups in total. The molecule has 1 aliphatic rings. The third kappa shape index (κ3) is 4.90. The van der Waals surface area contributed by atoms with E-state index in [0.717, 1.165) is 0 Å². The van der Waals surface area contributed by atoms with Crippen molar-refractivity contribution in [2.45, 2.75) is 52.7 Å². The molecule has 1 fully saturated rings. The van der Waals surface area contributed by atoms with Gasteiger partial charge in [0.05, 0.1) is 5.92 Å². The van der Waals surface area contributed by atoms with Crippen LogP contribution in [0.4, 0.5) is 0 Å². The molecule has 0 saturated carbocycles. The Morgan fingerprint density at radius 2 is 1.95 bits per heavy atom. The summed E-state index contributed by atoms with van der Waals surface area (Å²) in [6.07, 6.45) is 0.805. The van der Waals surface area contributed by atoms with Gasteiger partial charge in [0.2, 0.25) is 5.24 Å². The average Bonchev–Trinajstić information content (AvgIpc) is 2.67. The summed E-state index contributed by atoms with van der Waals surface area (Å²) in [5, 5.41) is -0.366. The van der Waals surface area contributed by atoms with Crippen LogP contribution in [0.5, 0.6) is 0 Å². The van der Waals surface area contributed by atoms with Crippen LogP contribution in [-0.2, 0) is 14.3 Å². The second kappa shape index (κ2) is 8.20. The van der Waals surface area contributed by atoms with Crippen LogP contribution in [0.25, 0.3) is 0 Å². The summed E-state index contributed by atoms with van der Waals surface area (Å²) in [6.45, 7) is 7.88. The molecule has 0 aromatic rings. The van der Waals surface area contributed by atoms with E-state index in [-0.39, 0.29) is 59.4 Å². The van der Waals surface area contributed by atoms with Crippen molar-refractivity contribution in [3.63, 3.8) is 0 Å². The monoisotopic (exact) mass is 325 g/mol. The first-order valence-corrected chi connectivity index (χ1v) is 7.27. The quantitative estimate of drug-likeness (QED) is 0.602. The molecule has 0 amide bonds. The number of halogens is 2. The third-order valence-corrected chi connectivity index (χ3v) is 4.24. The summed E-state index contributed by atoms with van der Waals surface area (Å²) >= 11 is 5.60. The van der Waals surface area contributed by atoms with Gasteiger partial charge in [0.25, 0.3) is 0 Å². The fourth-order valence-corrected chi connectivity index (χ4v) is 2.85. The number of cyclic esters (lactones) is 1. The highest BCUT2D eigenvalue weighted by atomic mass is 35.5. The minimum absolute atomic E-state index is 0. The van der Waals surface area contributed by atoms with Crippen LogP contribution in [-0.4, -0.2) is 23.4 Å². The molecule has 1 saturated heterocycles. The van der Waals surface area contributed by atoms with Gasteiger partial charge < -0.3 is 10.5 Å². The highest BCUT2D eigenvalue weighted by molar-refractivity contribution is 6.64. The van der Waals surface area contributed by atoms with Crippen molar-refractivity contribution >= 4 is 35.2 Å². The Kier molecular flexibility index (Phi) is 8.07. The van der Waals surface area contributed by atoms with Crippen molar-refractivity contribution in [1.29, 1.82) is 0 Å². The van der Waals surface area contributed by atoms with Gasteiger partial charge in [-0.1, -0.05) is 27.7 Å². The van der Waals surface area contributed by atoms with Gasteiger partial charge >= 0.3 is 5.97 Å². The Morgan fingerprint density at radius 1 is 1.40 bits per heavy atom. The summed E-state index contributed by atoms with van der Waals surface area (Å²) in [5.74, 6) is -0.156. The zero-order chi connectivity index (χ0) is 14.7. The van der Waals surface area contributed by atoms with Crippen molar-refractivity contribution in [1.82, 2.24) is 0 Å². The topological polar surface area (TPSA) is 69.4 Å². The van der Waals surface area contributed by atoms with Gasteiger partial charge in [0.1, 0.15) is 6.10 Å².